The van der Waals surface area contributed by atoms with Crippen molar-refractivity contribution < 1.29 is 9.21 Å². The van der Waals surface area contributed by atoms with Crippen LogP contribution >= 0.6 is 0 Å². The number of fused-ring (bicyclic) bond motifs is 3. The molecule has 8 nitrogen and oxygen atoms in total. The summed E-state index contributed by atoms with van der Waals surface area (Å²) >= 11 is 0. The Morgan fingerprint density at radius 3 is 2.67 bits per heavy atom. The van der Waals surface area contributed by atoms with Crippen molar-refractivity contribution in [1.82, 2.24) is 14.1 Å². The van der Waals surface area contributed by atoms with E-state index in [-0.39, 0.29) is 23.4 Å². The van der Waals surface area contributed by atoms with E-state index in [1.54, 1.807) is 19.4 Å². The molecule has 3 heterocycles. The van der Waals surface area contributed by atoms with Gasteiger partial charge in [-0.15, -0.1) is 0 Å². The summed E-state index contributed by atoms with van der Waals surface area (Å²) in [6.07, 6.45) is 6.50. The topological polar surface area (TPSA) is 99.1 Å². The van der Waals surface area contributed by atoms with Crippen molar-refractivity contribution in [2.45, 2.75) is 25.7 Å². The summed E-state index contributed by atoms with van der Waals surface area (Å²) in [5.74, 6) is -0.235. The molecule has 0 spiro atoms. The average molecular weight is 404 g/mol. The number of benzene rings is 1. The highest BCUT2D eigenvalue weighted by molar-refractivity contribution is 5.96. The lowest BCUT2D eigenvalue weighted by Gasteiger charge is -2.09. The molecule has 0 fully saturated rings. The molecule has 0 atom stereocenters. The SMILES string of the molecule is Cn1c(=O)c2cc(NC(=O)Cc3coc4cc5c(cc34)CCC5)cnc2n(C)c1=O. The molecule has 3 aromatic heterocycles. The lowest BCUT2D eigenvalue weighted by atomic mass is 10.0. The van der Waals surface area contributed by atoms with Gasteiger partial charge in [0, 0.05) is 25.0 Å². The Bertz CT molecular complexity index is 1460. The molecule has 1 amide bonds. The zero-order valence-corrected chi connectivity index (χ0v) is 16.7. The summed E-state index contributed by atoms with van der Waals surface area (Å²) in [6, 6.07) is 5.75. The van der Waals surface area contributed by atoms with Gasteiger partial charge in [-0.05, 0) is 48.6 Å². The van der Waals surface area contributed by atoms with Gasteiger partial charge in [0.2, 0.25) is 5.91 Å². The zero-order valence-electron chi connectivity index (χ0n) is 16.7. The van der Waals surface area contributed by atoms with Crippen molar-refractivity contribution in [2.75, 3.05) is 5.32 Å². The van der Waals surface area contributed by atoms with Gasteiger partial charge >= 0.3 is 5.69 Å². The molecule has 0 saturated heterocycles. The third kappa shape index (κ3) is 2.83. The Balaban J connectivity index is 1.43. The molecule has 1 aromatic carbocycles. The van der Waals surface area contributed by atoms with E-state index in [1.807, 2.05) is 0 Å². The summed E-state index contributed by atoms with van der Waals surface area (Å²) in [5, 5.41) is 4.02. The highest BCUT2D eigenvalue weighted by Gasteiger charge is 2.17. The van der Waals surface area contributed by atoms with Crippen LogP contribution in [0.4, 0.5) is 5.69 Å². The van der Waals surface area contributed by atoms with E-state index in [0.717, 1.165) is 40.4 Å². The molecule has 1 aliphatic carbocycles. The van der Waals surface area contributed by atoms with Gasteiger partial charge in [0.05, 0.1) is 30.0 Å². The summed E-state index contributed by atoms with van der Waals surface area (Å²) in [5.41, 5.74) is 4.05. The first-order valence-electron chi connectivity index (χ1n) is 9.80. The fourth-order valence-corrected chi connectivity index (χ4v) is 4.20. The highest BCUT2D eigenvalue weighted by atomic mass is 16.3. The van der Waals surface area contributed by atoms with Crippen LogP contribution in [0.5, 0.6) is 0 Å². The molecule has 1 N–H and O–H groups in total. The number of rotatable bonds is 3. The Hall–Kier alpha value is -3.68. The number of aromatic nitrogens is 3. The third-order valence-corrected chi connectivity index (χ3v) is 5.80. The first-order valence-corrected chi connectivity index (χ1v) is 9.80. The van der Waals surface area contributed by atoms with Crippen molar-refractivity contribution in [3.8, 4) is 0 Å². The van der Waals surface area contributed by atoms with Crippen LogP contribution in [-0.4, -0.2) is 20.0 Å². The zero-order chi connectivity index (χ0) is 21.0. The van der Waals surface area contributed by atoms with Crippen LogP contribution in [0.1, 0.15) is 23.1 Å². The number of aryl methyl sites for hydroxylation is 3. The number of anilines is 1. The van der Waals surface area contributed by atoms with E-state index >= 15 is 0 Å². The largest absolute Gasteiger partial charge is 0.464 e. The minimum atomic E-state index is -0.452. The molecule has 0 unspecified atom stereocenters. The van der Waals surface area contributed by atoms with E-state index < -0.39 is 11.2 Å². The first kappa shape index (κ1) is 18.4. The second kappa shape index (κ2) is 6.69. The number of pyridine rings is 1. The maximum atomic E-state index is 12.6. The molecular weight excluding hydrogens is 384 g/mol. The predicted octanol–water partition coefficient (Wildman–Crippen LogP) is 2.05. The van der Waals surface area contributed by atoms with Crippen molar-refractivity contribution in [3.05, 3.63) is 68.2 Å². The van der Waals surface area contributed by atoms with E-state index in [4.69, 9.17) is 4.42 Å². The van der Waals surface area contributed by atoms with E-state index in [1.165, 1.54) is 28.9 Å². The van der Waals surface area contributed by atoms with Crippen LogP contribution < -0.4 is 16.6 Å². The molecular formula is C22H20N4O4. The maximum Gasteiger partial charge on any atom is 0.332 e. The first-order chi connectivity index (χ1) is 14.4. The molecule has 5 rings (SSSR count). The van der Waals surface area contributed by atoms with Gasteiger partial charge in [-0.1, -0.05) is 0 Å². The van der Waals surface area contributed by atoms with Gasteiger partial charge in [-0.2, -0.15) is 0 Å². The van der Waals surface area contributed by atoms with Crippen LogP contribution in [0, 0.1) is 0 Å². The fraction of sp³-hybridized carbons (Fsp3) is 0.273. The lowest BCUT2D eigenvalue weighted by molar-refractivity contribution is -0.115. The van der Waals surface area contributed by atoms with Gasteiger partial charge in [0.15, 0.2) is 0 Å². The number of hydrogen-bond donors (Lipinski definition) is 1. The molecule has 0 radical (unpaired) electrons. The minimum Gasteiger partial charge on any atom is -0.464 e. The fourth-order valence-electron chi connectivity index (χ4n) is 4.20. The van der Waals surface area contributed by atoms with Crippen LogP contribution in [-0.2, 0) is 38.2 Å². The van der Waals surface area contributed by atoms with Crippen molar-refractivity contribution in [3.63, 3.8) is 0 Å². The van der Waals surface area contributed by atoms with Gasteiger partial charge in [0.25, 0.3) is 5.56 Å². The number of nitrogens with zero attached hydrogens (tertiary/aromatic N) is 3. The monoisotopic (exact) mass is 404 g/mol. The second-order valence-electron chi connectivity index (χ2n) is 7.76. The molecule has 0 bridgehead atoms. The number of nitrogens with one attached hydrogen (secondary N) is 1. The minimum absolute atomic E-state index is 0.148. The maximum absolute atomic E-state index is 12.6. The van der Waals surface area contributed by atoms with E-state index in [2.05, 4.69) is 22.4 Å². The Morgan fingerprint density at radius 2 is 1.87 bits per heavy atom. The molecule has 0 aliphatic heterocycles. The van der Waals surface area contributed by atoms with Gasteiger partial charge in [-0.25, -0.2) is 9.78 Å². The van der Waals surface area contributed by atoms with Crippen LogP contribution in [0.15, 0.2) is 44.7 Å². The van der Waals surface area contributed by atoms with E-state index in [9.17, 15) is 14.4 Å². The highest BCUT2D eigenvalue weighted by Crippen LogP contribution is 2.30. The number of carbonyl (C=O) groups is 1. The van der Waals surface area contributed by atoms with Crippen LogP contribution in [0.2, 0.25) is 0 Å². The average Bonchev–Trinajstić information content (AvgIpc) is 3.35. The predicted molar refractivity (Wildman–Crippen MR) is 113 cm³/mol. The third-order valence-electron chi connectivity index (χ3n) is 5.80. The molecule has 0 saturated carbocycles. The van der Waals surface area contributed by atoms with Crippen molar-refractivity contribution in [2.24, 2.45) is 14.1 Å². The number of carbonyl (C=O) groups excluding carboxylic acids is 1. The Labute approximate surface area is 170 Å². The smallest absolute Gasteiger partial charge is 0.332 e. The van der Waals surface area contributed by atoms with Crippen LogP contribution in [0.25, 0.3) is 22.0 Å². The van der Waals surface area contributed by atoms with E-state index in [0.29, 0.717) is 5.69 Å². The summed E-state index contributed by atoms with van der Waals surface area (Å²) in [6.45, 7) is 0. The Kier molecular flexibility index (Phi) is 4.09. The summed E-state index contributed by atoms with van der Waals surface area (Å²) in [4.78, 5) is 41.3. The summed E-state index contributed by atoms with van der Waals surface area (Å²) < 4.78 is 7.99. The van der Waals surface area contributed by atoms with Crippen LogP contribution in [0.3, 0.4) is 0 Å². The van der Waals surface area contributed by atoms with Crippen molar-refractivity contribution >= 4 is 33.6 Å². The molecule has 152 valence electrons. The quantitative estimate of drug-likeness (QED) is 0.563. The molecule has 1 aliphatic rings. The van der Waals surface area contributed by atoms with Gasteiger partial charge < -0.3 is 9.73 Å². The van der Waals surface area contributed by atoms with Gasteiger partial charge in [-0.3, -0.25) is 18.7 Å². The summed E-state index contributed by atoms with van der Waals surface area (Å²) in [7, 11) is 2.96. The second-order valence-corrected chi connectivity index (χ2v) is 7.76. The number of amides is 1. The Morgan fingerprint density at radius 1 is 1.10 bits per heavy atom. The number of furan rings is 1. The normalized spacial score (nSPS) is 13.1. The number of hydrogen-bond acceptors (Lipinski definition) is 5. The molecule has 8 heteroatoms. The molecule has 30 heavy (non-hydrogen) atoms. The standard InChI is InChI=1S/C22H20N4O4/c1-25-20-17(21(28)26(2)22(25)29)9-15(10-23-20)24-19(27)8-14-11-30-18-7-13-5-3-4-12(13)6-16(14)18/h6-7,9-11H,3-5,8H2,1-2H3,(H,24,27). The lowest BCUT2D eigenvalue weighted by Crippen LogP contribution is -2.37. The van der Waals surface area contributed by atoms with Crippen molar-refractivity contribution in [1.29, 1.82) is 0 Å². The van der Waals surface area contributed by atoms with Gasteiger partial charge in [0.1, 0.15) is 11.2 Å². The molecule has 4 aromatic rings.